The largest absolute Gasteiger partial charge is 0.493 e. The molecule has 0 aliphatic rings. The molecule has 174 valence electrons. The normalized spacial score (nSPS) is 10.9. The molecule has 0 unspecified atom stereocenters. The lowest BCUT2D eigenvalue weighted by atomic mass is 10.1. The van der Waals surface area contributed by atoms with Crippen LogP contribution in [0.3, 0.4) is 0 Å². The minimum Gasteiger partial charge on any atom is -0.493 e. The molecular formula is C22H29N3O6S. The molecule has 2 N–H and O–H groups in total. The minimum absolute atomic E-state index is 0.242. The van der Waals surface area contributed by atoms with Crippen molar-refractivity contribution in [3.05, 3.63) is 48.0 Å². The van der Waals surface area contributed by atoms with Gasteiger partial charge in [0.1, 0.15) is 6.54 Å². The Labute approximate surface area is 188 Å². The van der Waals surface area contributed by atoms with Crippen molar-refractivity contribution >= 4 is 33.2 Å². The molecular weight excluding hydrogens is 434 g/mol. The van der Waals surface area contributed by atoms with Crippen molar-refractivity contribution in [2.45, 2.75) is 19.8 Å². The van der Waals surface area contributed by atoms with Crippen molar-refractivity contribution in [2.24, 2.45) is 0 Å². The molecule has 2 aromatic carbocycles. The zero-order valence-electron chi connectivity index (χ0n) is 18.7. The Morgan fingerprint density at radius 1 is 1.03 bits per heavy atom. The Hall–Kier alpha value is -3.27. The second-order valence-electron chi connectivity index (χ2n) is 7.01. The molecule has 0 aliphatic carbocycles. The molecule has 0 saturated heterocycles. The van der Waals surface area contributed by atoms with Gasteiger partial charge < -0.3 is 20.1 Å². The van der Waals surface area contributed by atoms with Crippen LogP contribution in [-0.2, 0) is 14.8 Å². The molecule has 0 aromatic heterocycles. The van der Waals surface area contributed by atoms with Crippen LogP contribution in [0.15, 0.2) is 42.5 Å². The summed E-state index contributed by atoms with van der Waals surface area (Å²) >= 11 is 0. The number of unbranched alkanes of at least 4 members (excludes halogenated alkanes) is 1. The van der Waals surface area contributed by atoms with Crippen LogP contribution in [0.1, 0.15) is 30.1 Å². The quantitative estimate of drug-likeness (QED) is 0.495. The number of carbonyl (C=O) groups is 2. The lowest BCUT2D eigenvalue weighted by Crippen LogP contribution is -2.37. The number of carbonyl (C=O) groups excluding carboxylic acids is 2. The molecule has 0 fully saturated rings. The van der Waals surface area contributed by atoms with Gasteiger partial charge in [-0.15, -0.1) is 0 Å². The fourth-order valence-electron chi connectivity index (χ4n) is 2.96. The molecule has 0 heterocycles. The highest BCUT2D eigenvalue weighted by molar-refractivity contribution is 7.92. The molecule has 2 amide bonds. The summed E-state index contributed by atoms with van der Waals surface area (Å²) in [7, 11) is -0.895. The molecule has 32 heavy (non-hydrogen) atoms. The van der Waals surface area contributed by atoms with E-state index in [0.717, 1.165) is 23.4 Å². The van der Waals surface area contributed by atoms with Crippen molar-refractivity contribution in [3.8, 4) is 11.5 Å². The molecule has 0 saturated carbocycles. The summed E-state index contributed by atoms with van der Waals surface area (Å²) in [5, 5.41) is 5.45. The second kappa shape index (κ2) is 11.4. The number of anilines is 2. The van der Waals surface area contributed by atoms with Crippen LogP contribution < -0.4 is 24.4 Å². The maximum Gasteiger partial charge on any atom is 0.253 e. The Morgan fingerprint density at radius 2 is 1.72 bits per heavy atom. The smallest absolute Gasteiger partial charge is 0.253 e. The number of amides is 2. The topological polar surface area (TPSA) is 114 Å². The van der Waals surface area contributed by atoms with E-state index in [0.29, 0.717) is 29.3 Å². The molecule has 0 bridgehead atoms. The van der Waals surface area contributed by atoms with Crippen molar-refractivity contribution in [3.63, 3.8) is 0 Å². The summed E-state index contributed by atoms with van der Waals surface area (Å²) in [6, 6.07) is 11.1. The number of hydrogen-bond donors (Lipinski definition) is 2. The number of para-hydroxylation sites is 1. The maximum atomic E-state index is 12.8. The molecule has 0 aliphatic heterocycles. The van der Waals surface area contributed by atoms with Crippen molar-refractivity contribution in [1.29, 1.82) is 0 Å². The lowest BCUT2D eigenvalue weighted by molar-refractivity contribution is -0.114. The third-order valence-corrected chi connectivity index (χ3v) is 5.74. The highest BCUT2D eigenvalue weighted by Gasteiger charge is 2.23. The molecule has 0 spiro atoms. The zero-order valence-corrected chi connectivity index (χ0v) is 19.5. The maximum absolute atomic E-state index is 12.8. The number of methoxy groups -OCH3 is 2. The van der Waals surface area contributed by atoms with Crippen molar-refractivity contribution < 1.29 is 27.5 Å². The highest BCUT2D eigenvalue weighted by Crippen LogP contribution is 2.32. The first kappa shape index (κ1) is 25.0. The van der Waals surface area contributed by atoms with Crippen LogP contribution in [0.2, 0.25) is 0 Å². The van der Waals surface area contributed by atoms with Gasteiger partial charge in [0.05, 0.1) is 37.4 Å². The summed E-state index contributed by atoms with van der Waals surface area (Å²) in [6.07, 6.45) is 2.79. The van der Waals surface area contributed by atoms with E-state index in [2.05, 4.69) is 10.6 Å². The summed E-state index contributed by atoms with van der Waals surface area (Å²) in [4.78, 5) is 25.2. The summed E-state index contributed by atoms with van der Waals surface area (Å²) in [5.74, 6) is -0.154. The molecule has 2 aromatic rings. The van der Waals surface area contributed by atoms with E-state index in [4.69, 9.17) is 9.47 Å². The van der Waals surface area contributed by atoms with E-state index in [1.54, 1.807) is 30.3 Å². The fourth-order valence-corrected chi connectivity index (χ4v) is 3.81. The number of nitrogens with one attached hydrogen (secondary N) is 2. The van der Waals surface area contributed by atoms with E-state index >= 15 is 0 Å². The Balaban J connectivity index is 2.24. The van der Waals surface area contributed by atoms with E-state index < -0.39 is 22.5 Å². The van der Waals surface area contributed by atoms with Gasteiger partial charge in [0.25, 0.3) is 5.91 Å². The number of sulfonamides is 1. The van der Waals surface area contributed by atoms with Gasteiger partial charge in [-0.3, -0.25) is 13.9 Å². The van der Waals surface area contributed by atoms with E-state index in [1.807, 2.05) is 6.92 Å². The van der Waals surface area contributed by atoms with Crippen molar-refractivity contribution in [1.82, 2.24) is 5.32 Å². The average Bonchev–Trinajstić information content (AvgIpc) is 2.76. The highest BCUT2D eigenvalue weighted by atomic mass is 32.2. The van der Waals surface area contributed by atoms with Gasteiger partial charge in [0, 0.05) is 12.6 Å². The standard InChI is InChI=1S/C22H29N3O6S/c1-5-6-13-23-22(27)17-9-7-8-10-18(17)24-21(26)15-25(32(4,28)29)16-11-12-19(30-2)20(14-16)31-3/h7-12,14H,5-6,13,15H2,1-4H3,(H,23,27)(H,24,26). The average molecular weight is 464 g/mol. The van der Waals surface area contributed by atoms with Crippen LogP contribution in [0.5, 0.6) is 11.5 Å². The first-order valence-corrected chi connectivity index (χ1v) is 11.9. The first-order valence-electron chi connectivity index (χ1n) is 10.1. The number of hydrogen-bond acceptors (Lipinski definition) is 6. The summed E-state index contributed by atoms with van der Waals surface area (Å²) < 4.78 is 36.2. The van der Waals surface area contributed by atoms with E-state index in [-0.39, 0.29) is 11.6 Å². The number of ether oxygens (including phenoxy) is 2. The number of rotatable bonds is 11. The molecule has 0 atom stereocenters. The van der Waals surface area contributed by atoms with E-state index in [1.165, 1.54) is 26.4 Å². The number of nitrogens with zero attached hydrogens (tertiary/aromatic N) is 1. The van der Waals surface area contributed by atoms with Crippen LogP contribution in [0.4, 0.5) is 11.4 Å². The van der Waals surface area contributed by atoms with Crippen LogP contribution >= 0.6 is 0 Å². The summed E-state index contributed by atoms with van der Waals surface area (Å²) in [6.45, 7) is 2.06. The van der Waals surface area contributed by atoms with E-state index in [9.17, 15) is 18.0 Å². The monoisotopic (exact) mass is 463 g/mol. The molecule has 2 rings (SSSR count). The predicted octanol–water partition coefficient (Wildman–Crippen LogP) is 2.64. The Kier molecular flexibility index (Phi) is 8.89. The van der Waals surface area contributed by atoms with Crippen LogP contribution in [0.25, 0.3) is 0 Å². The number of benzene rings is 2. The Morgan fingerprint density at radius 3 is 2.34 bits per heavy atom. The minimum atomic E-state index is -3.79. The first-order chi connectivity index (χ1) is 15.2. The molecule has 10 heteroatoms. The zero-order chi connectivity index (χ0) is 23.7. The van der Waals surface area contributed by atoms with Crippen molar-refractivity contribution in [2.75, 3.05) is 43.2 Å². The van der Waals surface area contributed by atoms with Gasteiger partial charge in [-0.1, -0.05) is 25.5 Å². The predicted molar refractivity (Wildman–Crippen MR) is 124 cm³/mol. The molecule has 0 radical (unpaired) electrons. The van der Waals surface area contributed by atoms with Crippen LogP contribution in [-0.4, -0.2) is 53.8 Å². The van der Waals surface area contributed by atoms with Gasteiger partial charge in [-0.05, 0) is 30.7 Å². The third kappa shape index (κ3) is 6.61. The Bertz CT molecular complexity index is 1060. The van der Waals surface area contributed by atoms with Gasteiger partial charge in [-0.25, -0.2) is 8.42 Å². The summed E-state index contributed by atoms with van der Waals surface area (Å²) in [5.41, 5.74) is 0.840. The second-order valence-corrected chi connectivity index (χ2v) is 8.92. The van der Waals surface area contributed by atoms with Gasteiger partial charge in [0.2, 0.25) is 15.9 Å². The fraction of sp³-hybridized carbons (Fsp3) is 0.364. The van der Waals surface area contributed by atoms with Crippen LogP contribution in [0, 0.1) is 0 Å². The van der Waals surface area contributed by atoms with Gasteiger partial charge >= 0.3 is 0 Å². The SMILES string of the molecule is CCCCNC(=O)c1ccccc1NC(=O)CN(c1ccc(OC)c(OC)c1)S(C)(=O)=O. The third-order valence-electron chi connectivity index (χ3n) is 4.60. The van der Waals surface area contributed by atoms with Gasteiger partial charge in [-0.2, -0.15) is 0 Å². The lowest BCUT2D eigenvalue weighted by Gasteiger charge is -2.23. The van der Waals surface area contributed by atoms with Gasteiger partial charge in [0.15, 0.2) is 11.5 Å². The molecule has 9 nitrogen and oxygen atoms in total.